The van der Waals surface area contributed by atoms with Crippen molar-refractivity contribution in [2.75, 3.05) is 18.4 Å². The lowest BCUT2D eigenvalue weighted by atomic mass is 9.99. The Morgan fingerprint density at radius 1 is 1.28 bits per heavy atom. The molecule has 1 aliphatic rings. The van der Waals surface area contributed by atoms with E-state index in [1.54, 1.807) is 6.20 Å². The molecule has 1 aromatic carbocycles. The number of amides is 1. The number of carbonyl (C=O) groups excluding carboxylic acids is 1. The largest absolute Gasteiger partial charge is 0.354 e. The summed E-state index contributed by atoms with van der Waals surface area (Å²) in [5.41, 5.74) is 3.80. The first kappa shape index (κ1) is 21.5. The van der Waals surface area contributed by atoms with Gasteiger partial charge in [-0.3, -0.25) is 4.79 Å². The van der Waals surface area contributed by atoms with Crippen molar-refractivity contribution in [3.05, 3.63) is 58.3 Å². The topological polar surface area (TPSA) is 58.1 Å². The van der Waals surface area contributed by atoms with Crippen LogP contribution in [0.2, 0.25) is 0 Å². The number of nitrogens with zero attached hydrogens (tertiary/aromatic N) is 3. The summed E-state index contributed by atoms with van der Waals surface area (Å²) in [6.07, 6.45) is 3.88. The molecule has 0 saturated carbocycles. The Kier molecular flexibility index (Phi) is 6.75. The minimum atomic E-state index is 0. The Bertz CT molecular complexity index is 1040. The van der Waals surface area contributed by atoms with E-state index >= 15 is 0 Å². The fraction of sp³-hybridized carbons (Fsp3) is 0.318. The molecule has 3 heterocycles. The van der Waals surface area contributed by atoms with Crippen LogP contribution in [0.4, 0.5) is 11.4 Å². The van der Waals surface area contributed by atoms with E-state index in [-0.39, 0.29) is 18.3 Å². The molecule has 3 aromatic rings. The number of piperidine rings is 1. The number of halogens is 2. The molecule has 0 spiro atoms. The number of aromatic nitrogens is 2. The van der Waals surface area contributed by atoms with Gasteiger partial charge in [0.2, 0.25) is 0 Å². The molecule has 2 aromatic heterocycles. The molecular formula is C22H24BrClN4O. The molecule has 7 heteroatoms. The highest BCUT2D eigenvalue weighted by Gasteiger charge is 2.25. The summed E-state index contributed by atoms with van der Waals surface area (Å²) in [5.74, 6) is 0.552. The number of carbonyl (C=O) groups is 1. The van der Waals surface area contributed by atoms with Gasteiger partial charge in [0.25, 0.3) is 5.91 Å². The molecular weight excluding hydrogens is 452 g/mol. The van der Waals surface area contributed by atoms with Crippen LogP contribution in [0.3, 0.4) is 0 Å². The number of hydrogen-bond donors (Lipinski definition) is 1. The third-order valence-corrected chi connectivity index (χ3v) is 5.63. The third-order valence-electron chi connectivity index (χ3n) is 5.14. The molecule has 1 saturated heterocycles. The number of likely N-dealkylation sites (tertiary alicyclic amines) is 1. The SMILES string of the molecule is Cc1ccc2c(Nc3cccc(Br)c3)c(C(=O)N3CCCC(C)C3)cnc2n1.Cl. The lowest BCUT2D eigenvalue weighted by molar-refractivity contribution is 0.0684. The fourth-order valence-electron chi connectivity index (χ4n) is 3.72. The van der Waals surface area contributed by atoms with E-state index < -0.39 is 0 Å². The van der Waals surface area contributed by atoms with Crippen molar-refractivity contribution in [1.29, 1.82) is 0 Å². The van der Waals surface area contributed by atoms with Gasteiger partial charge in [0, 0.05) is 40.5 Å². The van der Waals surface area contributed by atoms with Crippen LogP contribution in [0.1, 0.15) is 35.8 Å². The zero-order valence-corrected chi connectivity index (χ0v) is 18.9. The first-order chi connectivity index (χ1) is 13.5. The van der Waals surface area contributed by atoms with E-state index in [1.165, 1.54) is 6.42 Å². The van der Waals surface area contributed by atoms with Crippen LogP contribution in [0.25, 0.3) is 11.0 Å². The summed E-state index contributed by atoms with van der Waals surface area (Å²) in [4.78, 5) is 24.3. The molecule has 1 unspecified atom stereocenters. The summed E-state index contributed by atoms with van der Waals surface area (Å²) >= 11 is 3.51. The van der Waals surface area contributed by atoms with E-state index in [1.807, 2.05) is 48.2 Å². The maximum Gasteiger partial charge on any atom is 0.257 e. The Balaban J connectivity index is 0.00000240. The minimum absolute atomic E-state index is 0. The molecule has 152 valence electrons. The minimum Gasteiger partial charge on any atom is -0.354 e. The lowest BCUT2D eigenvalue weighted by Crippen LogP contribution is -2.39. The number of pyridine rings is 2. The van der Waals surface area contributed by atoms with Crippen molar-refractivity contribution in [2.45, 2.75) is 26.7 Å². The van der Waals surface area contributed by atoms with Crippen molar-refractivity contribution < 1.29 is 4.79 Å². The monoisotopic (exact) mass is 474 g/mol. The van der Waals surface area contributed by atoms with Gasteiger partial charge in [-0.05, 0) is 56.0 Å². The highest BCUT2D eigenvalue weighted by atomic mass is 79.9. The van der Waals surface area contributed by atoms with Crippen molar-refractivity contribution in [2.24, 2.45) is 5.92 Å². The summed E-state index contributed by atoms with van der Waals surface area (Å²) in [7, 11) is 0. The number of anilines is 2. The van der Waals surface area contributed by atoms with Crippen LogP contribution in [0, 0.1) is 12.8 Å². The number of rotatable bonds is 3. The zero-order chi connectivity index (χ0) is 19.7. The zero-order valence-electron chi connectivity index (χ0n) is 16.5. The van der Waals surface area contributed by atoms with E-state index in [9.17, 15) is 4.79 Å². The highest BCUT2D eigenvalue weighted by molar-refractivity contribution is 9.10. The molecule has 1 atom stereocenters. The van der Waals surface area contributed by atoms with Crippen LogP contribution >= 0.6 is 28.3 Å². The number of aryl methyl sites for hydroxylation is 1. The van der Waals surface area contributed by atoms with Crippen LogP contribution in [-0.4, -0.2) is 33.9 Å². The second-order valence-electron chi connectivity index (χ2n) is 7.50. The van der Waals surface area contributed by atoms with Gasteiger partial charge >= 0.3 is 0 Å². The quantitative estimate of drug-likeness (QED) is 0.525. The Morgan fingerprint density at radius 2 is 2.10 bits per heavy atom. The first-order valence-corrected chi connectivity index (χ1v) is 10.4. The number of benzene rings is 1. The van der Waals surface area contributed by atoms with Crippen molar-refractivity contribution in [3.8, 4) is 0 Å². The second kappa shape index (κ2) is 9.09. The van der Waals surface area contributed by atoms with Gasteiger partial charge in [-0.25, -0.2) is 9.97 Å². The van der Waals surface area contributed by atoms with E-state index in [4.69, 9.17) is 0 Å². The third kappa shape index (κ3) is 4.70. The summed E-state index contributed by atoms with van der Waals surface area (Å²) in [6, 6.07) is 11.9. The summed E-state index contributed by atoms with van der Waals surface area (Å²) < 4.78 is 0.975. The number of hydrogen-bond acceptors (Lipinski definition) is 4. The number of nitrogens with one attached hydrogen (secondary N) is 1. The van der Waals surface area contributed by atoms with Gasteiger partial charge in [-0.2, -0.15) is 0 Å². The average Bonchev–Trinajstić information content (AvgIpc) is 2.67. The van der Waals surface area contributed by atoms with Gasteiger partial charge < -0.3 is 10.2 Å². The van der Waals surface area contributed by atoms with E-state index in [0.717, 1.165) is 46.4 Å². The maximum absolute atomic E-state index is 13.4. The van der Waals surface area contributed by atoms with Gasteiger partial charge in [0.15, 0.2) is 5.65 Å². The highest BCUT2D eigenvalue weighted by Crippen LogP contribution is 2.31. The van der Waals surface area contributed by atoms with Crippen LogP contribution in [0.15, 0.2) is 47.1 Å². The van der Waals surface area contributed by atoms with Crippen molar-refractivity contribution in [1.82, 2.24) is 14.9 Å². The maximum atomic E-state index is 13.4. The van der Waals surface area contributed by atoms with Gasteiger partial charge in [0.05, 0.1) is 11.3 Å². The first-order valence-electron chi connectivity index (χ1n) is 9.59. The molecule has 29 heavy (non-hydrogen) atoms. The Morgan fingerprint density at radius 3 is 2.86 bits per heavy atom. The van der Waals surface area contributed by atoms with Crippen LogP contribution in [-0.2, 0) is 0 Å². The summed E-state index contributed by atoms with van der Waals surface area (Å²) in [6.45, 7) is 5.73. The second-order valence-corrected chi connectivity index (χ2v) is 8.42. The lowest BCUT2D eigenvalue weighted by Gasteiger charge is -2.31. The van der Waals surface area contributed by atoms with Gasteiger partial charge in [-0.15, -0.1) is 12.4 Å². The fourth-order valence-corrected chi connectivity index (χ4v) is 4.12. The van der Waals surface area contributed by atoms with Gasteiger partial charge in [-0.1, -0.05) is 28.9 Å². The smallest absolute Gasteiger partial charge is 0.257 e. The van der Waals surface area contributed by atoms with E-state index in [0.29, 0.717) is 17.1 Å². The average molecular weight is 476 g/mol. The van der Waals surface area contributed by atoms with Crippen molar-refractivity contribution in [3.63, 3.8) is 0 Å². The van der Waals surface area contributed by atoms with Crippen LogP contribution < -0.4 is 5.32 Å². The van der Waals surface area contributed by atoms with Gasteiger partial charge in [0.1, 0.15) is 0 Å². The predicted molar refractivity (Wildman–Crippen MR) is 123 cm³/mol. The molecule has 1 fully saturated rings. The number of fused-ring (bicyclic) bond motifs is 1. The molecule has 0 bridgehead atoms. The Hall–Kier alpha value is -2.18. The molecule has 4 rings (SSSR count). The summed E-state index contributed by atoms with van der Waals surface area (Å²) in [5, 5.41) is 4.30. The molecule has 5 nitrogen and oxygen atoms in total. The molecule has 1 N–H and O–H groups in total. The van der Waals surface area contributed by atoms with Crippen molar-refractivity contribution >= 4 is 56.7 Å². The standard InChI is InChI=1S/C22H23BrN4O.ClH/c1-14-5-4-10-27(13-14)22(28)19-12-24-21-18(9-8-15(2)25-21)20(19)26-17-7-3-6-16(23)11-17;/h3,6-9,11-12,14H,4-5,10,13H2,1-2H3,(H,24,25,26);1H. The molecule has 0 radical (unpaired) electrons. The molecule has 1 aliphatic heterocycles. The normalized spacial score (nSPS) is 16.4. The van der Waals surface area contributed by atoms with Crippen LogP contribution in [0.5, 0.6) is 0 Å². The van der Waals surface area contributed by atoms with E-state index in [2.05, 4.69) is 38.1 Å². The Labute approximate surface area is 185 Å². The molecule has 1 amide bonds. The predicted octanol–water partition coefficient (Wildman–Crippen LogP) is 5.74. The molecule has 0 aliphatic carbocycles.